The van der Waals surface area contributed by atoms with Crippen LogP contribution in [0.15, 0.2) is 71.3 Å². The van der Waals surface area contributed by atoms with Gasteiger partial charge >= 0.3 is 8.25 Å². The van der Waals surface area contributed by atoms with Crippen LogP contribution in [0.3, 0.4) is 0 Å². The number of hydrogen-bond donors (Lipinski definition) is 2. The summed E-state index contributed by atoms with van der Waals surface area (Å²) in [5, 5.41) is 3.35. The molecule has 0 radical (unpaired) electrons. The van der Waals surface area contributed by atoms with E-state index in [1.807, 2.05) is 18.2 Å². The highest BCUT2D eigenvalue weighted by molar-refractivity contribution is 7.32. The molecular formula is C26H34NO5P. The number of rotatable bonds is 15. The van der Waals surface area contributed by atoms with Crippen LogP contribution in [0.1, 0.15) is 43.7 Å². The lowest BCUT2D eigenvalue weighted by Gasteiger charge is -2.14. The number of hydrogen-bond acceptors (Lipinski definition) is 5. The highest BCUT2D eigenvalue weighted by atomic mass is 31.1. The number of ether oxygens (including phenoxy) is 1. The van der Waals surface area contributed by atoms with Crippen molar-refractivity contribution in [2.45, 2.75) is 51.7 Å². The molecule has 0 spiro atoms. The molecule has 6 nitrogen and oxygen atoms in total. The van der Waals surface area contributed by atoms with Gasteiger partial charge < -0.3 is 23.9 Å². The SMILES string of the molecule is CC(CCNCc1ccc(OCCCCCc2ccccc2)c(-c2ccco2)c1)O[PH](=O)O. The number of unbranched alkanes of at least 4 members (excludes halogenated alkanes) is 2. The van der Waals surface area contributed by atoms with Gasteiger partial charge in [-0.05, 0) is 81.0 Å². The fourth-order valence-electron chi connectivity index (χ4n) is 3.64. The first kappa shape index (κ1) is 25.3. The smallest absolute Gasteiger partial charge is 0.316 e. The molecule has 2 aromatic carbocycles. The largest absolute Gasteiger partial charge is 0.493 e. The average molecular weight is 472 g/mol. The van der Waals surface area contributed by atoms with Gasteiger partial charge in [-0.1, -0.05) is 36.4 Å². The maximum absolute atomic E-state index is 10.8. The molecule has 2 unspecified atom stereocenters. The van der Waals surface area contributed by atoms with E-state index in [0.717, 1.165) is 48.3 Å². The van der Waals surface area contributed by atoms with Crippen LogP contribution in [0, 0.1) is 0 Å². The van der Waals surface area contributed by atoms with Gasteiger partial charge in [0.2, 0.25) is 0 Å². The Morgan fingerprint density at radius 1 is 1.03 bits per heavy atom. The minimum atomic E-state index is -2.88. The second-order valence-electron chi connectivity index (χ2n) is 8.11. The van der Waals surface area contributed by atoms with Crippen molar-refractivity contribution in [1.29, 1.82) is 0 Å². The van der Waals surface area contributed by atoms with Crippen molar-refractivity contribution in [2.24, 2.45) is 0 Å². The first-order valence-electron chi connectivity index (χ1n) is 11.6. The van der Waals surface area contributed by atoms with E-state index in [2.05, 4.69) is 47.8 Å². The molecule has 33 heavy (non-hydrogen) atoms. The Morgan fingerprint density at radius 3 is 2.64 bits per heavy atom. The third-order valence-corrected chi connectivity index (χ3v) is 6.00. The molecule has 0 aliphatic carbocycles. The summed E-state index contributed by atoms with van der Waals surface area (Å²) < 4.78 is 27.4. The molecule has 0 saturated heterocycles. The predicted molar refractivity (Wildman–Crippen MR) is 132 cm³/mol. The molecule has 2 N–H and O–H groups in total. The Labute approximate surface area is 196 Å². The highest BCUT2D eigenvalue weighted by Crippen LogP contribution is 2.32. The summed E-state index contributed by atoms with van der Waals surface area (Å²) in [6.45, 7) is 3.83. The van der Waals surface area contributed by atoms with Gasteiger partial charge in [-0.15, -0.1) is 0 Å². The number of furan rings is 1. The van der Waals surface area contributed by atoms with Crippen LogP contribution in [0.25, 0.3) is 11.3 Å². The van der Waals surface area contributed by atoms with Gasteiger partial charge in [-0.25, -0.2) is 0 Å². The lowest BCUT2D eigenvalue weighted by atomic mass is 10.1. The molecule has 0 fully saturated rings. The molecule has 178 valence electrons. The lowest BCUT2D eigenvalue weighted by molar-refractivity contribution is 0.195. The van der Waals surface area contributed by atoms with Gasteiger partial charge in [-0.3, -0.25) is 4.57 Å². The van der Waals surface area contributed by atoms with Crippen LogP contribution in [0.5, 0.6) is 5.75 Å². The summed E-state index contributed by atoms with van der Waals surface area (Å²) in [5.74, 6) is 1.61. The van der Waals surface area contributed by atoms with Gasteiger partial charge in [0.1, 0.15) is 11.5 Å². The molecular weight excluding hydrogens is 437 g/mol. The zero-order valence-electron chi connectivity index (χ0n) is 19.2. The van der Waals surface area contributed by atoms with Gasteiger partial charge in [0.25, 0.3) is 0 Å². The molecule has 2 atom stereocenters. The maximum atomic E-state index is 10.8. The Hall–Kier alpha value is -2.37. The third kappa shape index (κ3) is 9.18. The predicted octanol–water partition coefficient (Wildman–Crippen LogP) is 6.01. The monoisotopic (exact) mass is 471 g/mol. The quantitative estimate of drug-likeness (QED) is 0.209. The van der Waals surface area contributed by atoms with Gasteiger partial charge in [0, 0.05) is 6.54 Å². The summed E-state index contributed by atoms with van der Waals surface area (Å²) in [6, 6.07) is 20.5. The van der Waals surface area contributed by atoms with Crippen molar-refractivity contribution in [3.8, 4) is 17.1 Å². The van der Waals surface area contributed by atoms with Crippen molar-refractivity contribution in [3.05, 3.63) is 78.1 Å². The van der Waals surface area contributed by atoms with Crippen LogP contribution < -0.4 is 10.1 Å². The molecule has 1 heterocycles. The fraction of sp³-hybridized carbons (Fsp3) is 0.385. The van der Waals surface area contributed by atoms with E-state index in [9.17, 15) is 4.57 Å². The Kier molecular flexibility index (Phi) is 10.7. The van der Waals surface area contributed by atoms with E-state index in [4.69, 9.17) is 18.6 Å². The van der Waals surface area contributed by atoms with E-state index in [1.165, 1.54) is 5.56 Å². The minimum Gasteiger partial charge on any atom is -0.493 e. The number of benzene rings is 2. The topological polar surface area (TPSA) is 80.9 Å². The van der Waals surface area contributed by atoms with E-state index >= 15 is 0 Å². The van der Waals surface area contributed by atoms with Crippen LogP contribution >= 0.6 is 8.25 Å². The second-order valence-corrected chi connectivity index (χ2v) is 8.88. The lowest BCUT2D eigenvalue weighted by Crippen LogP contribution is -2.19. The van der Waals surface area contributed by atoms with Crippen molar-refractivity contribution in [2.75, 3.05) is 13.2 Å². The van der Waals surface area contributed by atoms with Crippen molar-refractivity contribution in [1.82, 2.24) is 5.32 Å². The first-order chi connectivity index (χ1) is 16.1. The second kappa shape index (κ2) is 14.0. The fourth-order valence-corrected chi connectivity index (χ4v) is 4.10. The Bertz CT molecular complexity index is 962. The molecule has 7 heteroatoms. The summed E-state index contributed by atoms with van der Waals surface area (Å²) in [6.07, 6.45) is 6.46. The van der Waals surface area contributed by atoms with E-state index < -0.39 is 8.25 Å². The molecule has 3 rings (SSSR count). The molecule has 3 aromatic rings. The average Bonchev–Trinajstić information content (AvgIpc) is 3.34. The number of nitrogens with one attached hydrogen (secondary N) is 1. The van der Waals surface area contributed by atoms with Gasteiger partial charge in [-0.2, -0.15) is 0 Å². The summed E-state index contributed by atoms with van der Waals surface area (Å²) >= 11 is 0. The first-order valence-corrected chi connectivity index (χ1v) is 12.8. The van der Waals surface area contributed by atoms with Crippen molar-refractivity contribution < 1.29 is 23.1 Å². The van der Waals surface area contributed by atoms with E-state index in [1.54, 1.807) is 13.2 Å². The molecule has 0 aliphatic rings. The van der Waals surface area contributed by atoms with Crippen LogP contribution in [-0.4, -0.2) is 24.1 Å². The van der Waals surface area contributed by atoms with Gasteiger partial charge in [0.15, 0.2) is 0 Å². The summed E-state index contributed by atoms with van der Waals surface area (Å²) in [7, 11) is -2.88. The van der Waals surface area contributed by atoms with E-state index in [-0.39, 0.29) is 6.10 Å². The normalized spacial score (nSPS) is 13.0. The minimum absolute atomic E-state index is 0.254. The number of aryl methyl sites for hydroxylation is 1. The highest BCUT2D eigenvalue weighted by Gasteiger charge is 2.11. The molecule has 0 saturated carbocycles. The molecule has 1 aromatic heterocycles. The standard InChI is InChI=1S/C26H34NO5P/c1-21(32-33(28)29)15-16-27-20-23-13-14-26(24(19-23)25-12-8-18-31-25)30-17-7-3-6-11-22-9-4-2-5-10-22/h2,4-5,8-10,12-14,18-19,21,27,33H,3,6-7,11,15-17,20H2,1H3,(H,28,29). The zero-order valence-corrected chi connectivity index (χ0v) is 20.2. The molecule has 0 amide bonds. The van der Waals surface area contributed by atoms with Crippen molar-refractivity contribution in [3.63, 3.8) is 0 Å². The molecule has 0 aliphatic heterocycles. The van der Waals surface area contributed by atoms with Crippen LogP contribution in [-0.2, 0) is 22.1 Å². The van der Waals surface area contributed by atoms with Crippen LogP contribution in [0.4, 0.5) is 0 Å². The summed E-state index contributed by atoms with van der Waals surface area (Å²) in [4.78, 5) is 8.84. The Balaban J connectivity index is 1.47. The Morgan fingerprint density at radius 2 is 1.88 bits per heavy atom. The van der Waals surface area contributed by atoms with E-state index in [0.29, 0.717) is 26.1 Å². The third-order valence-electron chi connectivity index (χ3n) is 5.40. The van der Waals surface area contributed by atoms with Crippen LogP contribution in [0.2, 0.25) is 0 Å². The zero-order chi connectivity index (χ0) is 23.3. The summed E-state index contributed by atoms with van der Waals surface area (Å²) in [5.41, 5.74) is 3.44. The van der Waals surface area contributed by atoms with Crippen molar-refractivity contribution >= 4 is 8.25 Å². The molecule has 0 bridgehead atoms. The maximum Gasteiger partial charge on any atom is 0.316 e. The van der Waals surface area contributed by atoms with Gasteiger partial charge in [0.05, 0.1) is 24.5 Å².